The highest BCUT2D eigenvalue weighted by Gasteiger charge is 2.12. The average Bonchev–Trinajstić information content (AvgIpc) is 2.36. The summed E-state index contributed by atoms with van der Waals surface area (Å²) >= 11 is 6.09. The molecule has 0 saturated carbocycles. The molecule has 3 heteroatoms. The minimum atomic E-state index is -0.613. The molecule has 0 radical (unpaired) electrons. The molecule has 2 aromatic rings. The summed E-state index contributed by atoms with van der Waals surface area (Å²) in [4.78, 5) is 0. The molecule has 0 unspecified atom stereocenters. The minimum absolute atomic E-state index is 0.309. The van der Waals surface area contributed by atoms with Crippen molar-refractivity contribution in [3.05, 3.63) is 64.2 Å². The van der Waals surface area contributed by atoms with E-state index < -0.39 is 11.6 Å². The first-order valence-corrected chi connectivity index (χ1v) is 6.29. The molecule has 0 fully saturated rings. The van der Waals surface area contributed by atoms with Crippen molar-refractivity contribution in [3.8, 4) is 11.1 Å². The highest BCUT2D eigenvalue weighted by Crippen LogP contribution is 2.32. The van der Waals surface area contributed by atoms with Gasteiger partial charge in [-0.3, -0.25) is 0 Å². The number of hydrogen-bond acceptors (Lipinski definition) is 0. The molecule has 0 N–H and O–H groups in total. The average molecular weight is 279 g/mol. The lowest BCUT2D eigenvalue weighted by molar-refractivity contribution is 0.584. The van der Waals surface area contributed by atoms with Crippen LogP contribution in [0.1, 0.15) is 18.1 Å². The first-order chi connectivity index (χ1) is 9.02. The molecule has 0 aliphatic rings. The van der Waals surface area contributed by atoms with Gasteiger partial charge in [-0.15, -0.1) is 0 Å². The molecule has 0 bridgehead atoms. The van der Waals surface area contributed by atoms with E-state index in [0.717, 1.165) is 11.6 Å². The van der Waals surface area contributed by atoms with E-state index in [1.807, 2.05) is 13.0 Å². The zero-order valence-corrected chi connectivity index (χ0v) is 11.4. The second-order valence-electron chi connectivity index (χ2n) is 4.34. The van der Waals surface area contributed by atoms with Crippen LogP contribution < -0.4 is 0 Å². The maximum atomic E-state index is 13.9. The Hall–Kier alpha value is -1.67. The van der Waals surface area contributed by atoms with Gasteiger partial charge in [-0.2, -0.15) is 0 Å². The number of hydrogen-bond donors (Lipinski definition) is 0. The number of benzene rings is 2. The van der Waals surface area contributed by atoms with Crippen LogP contribution in [0.15, 0.2) is 36.4 Å². The van der Waals surface area contributed by atoms with E-state index in [1.54, 1.807) is 31.2 Å². The van der Waals surface area contributed by atoms with E-state index in [9.17, 15) is 8.78 Å². The fourth-order valence-corrected chi connectivity index (χ4v) is 2.14. The van der Waals surface area contributed by atoms with Gasteiger partial charge >= 0.3 is 0 Å². The number of allylic oxidation sites excluding steroid dienone is 1. The second kappa shape index (κ2) is 5.54. The number of rotatable bonds is 2. The lowest BCUT2D eigenvalue weighted by Crippen LogP contribution is -1.92. The summed E-state index contributed by atoms with van der Waals surface area (Å²) in [5.74, 6) is -1.19. The van der Waals surface area contributed by atoms with Gasteiger partial charge in [0.1, 0.15) is 11.6 Å². The molecular formula is C16H13ClF2. The summed E-state index contributed by atoms with van der Waals surface area (Å²) in [6, 6.07) is 7.72. The van der Waals surface area contributed by atoms with E-state index in [-0.39, 0.29) is 0 Å². The summed E-state index contributed by atoms with van der Waals surface area (Å²) in [5.41, 5.74) is 2.19. The van der Waals surface area contributed by atoms with E-state index in [4.69, 9.17) is 11.6 Å². The van der Waals surface area contributed by atoms with Crippen molar-refractivity contribution in [1.29, 1.82) is 0 Å². The Morgan fingerprint density at radius 2 is 1.74 bits per heavy atom. The fraction of sp³-hybridized carbons (Fsp3) is 0.125. The van der Waals surface area contributed by atoms with Crippen LogP contribution in [0.25, 0.3) is 17.2 Å². The summed E-state index contributed by atoms with van der Waals surface area (Å²) in [5, 5.41) is 0.447. The van der Waals surface area contributed by atoms with Crippen LogP contribution in [0.2, 0.25) is 5.02 Å². The van der Waals surface area contributed by atoms with Crippen LogP contribution in [-0.2, 0) is 0 Å². The van der Waals surface area contributed by atoms with E-state index >= 15 is 0 Å². The van der Waals surface area contributed by atoms with Gasteiger partial charge < -0.3 is 0 Å². The normalized spacial score (nSPS) is 11.2. The quantitative estimate of drug-likeness (QED) is 0.668. The molecule has 0 heterocycles. The van der Waals surface area contributed by atoms with Crippen molar-refractivity contribution in [2.75, 3.05) is 0 Å². The van der Waals surface area contributed by atoms with Crippen molar-refractivity contribution >= 4 is 17.7 Å². The lowest BCUT2D eigenvalue weighted by Gasteiger charge is -2.09. The third-order valence-corrected chi connectivity index (χ3v) is 3.17. The van der Waals surface area contributed by atoms with Crippen molar-refractivity contribution in [2.24, 2.45) is 0 Å². The van der Waals surface area contributed by atoms with E-state index in [2.05, 4.69) is 0 Å². The second-order valence-corrected chi connectivity index (χ2v) is 4.74. The first kappa shape index (κ1) is 13.8. The van der Waals surface area contributed by atoms with Gasteiger partial charge in [0.05, 0.1) is 0 Å². The minimum Gasteiger partial charge on any atom is -0.206 e. The van der Waals surface area contributed by atoms with Gasteiger partial charge in [-0.1, -0.05) is 35.4 Å². The predicted molar refractivity (Wildman–Crippen MR) is 76.2 cm³/mol. The van der Waals surface area contributed by atoms with Gasteiger partial charge in [0.15, 0.2) is 0 Å². The first-order valence-electron chi connectivity index (χ1n) is 5.91. The Bertz CT molecular complexity index is 645. The Morgan fingerprint density at radius 1 is 1.00 bits per heavy atom. The summed E-state index contributed by atoms with van der Waals surface area (Å²) in [6.45, 7) is 3.68. The summed E-state index contributed by atoms with van der Waals surface area (Å²) in [7, 11) is 0. The molecule has 19 heavy (non-hydrogen) atoms. The van der Waals surface area contributed by atoms with Gasteiger partial charge in [0.2, 0.25) is 0 Å². The third kappa shape index (κ3) is 2.85. The third-order valence-electron chi connectivity index (χ3n) is 2.84. The molecule has 0 atom stereocenters. The molecule has 0 amide bonds. The van der Waals surface area contributed by atoms with Gasteiger partial charge in [-0.05, 0) is 32.0 Å². The molecular weight excluding hydrogens is 266 g/mol. The van der Waals surface area contributed by atoms with Crippen LogP contribution in [0, 0.1) is 18.6 Å². The number of aryl methyl sites for hydroxylation is 1. The van der Waals surface area contributed by atoms with Crippen molar-refractivity contribution in [1.82, 2.24) is 0 Å². The van der Waals surface area contributed by atoms with Crippen LogP contribution >= 0.6 is 11.6 Å². The SMILES string of the molecule is CC=Cc1cc(-c2cc(C)ccc2Cl)c(F)cc1F. The molecule has 2 aromatic carbocycles. The van der Waals surface area contributed by atoms with E-state index in [1.165, 1.54) is 6.07 Å². The Balaban J connectivity index is 2.67. The van der Waals surface area contributed by atoms with Gasteiger partial charge in [0.25, 0.3) is 0 Å². The molecule has 0 spiro atoms. The molecule has 0 aromatic heterocycles. The van der Waals surface area contributed by atoms with Crippen molar-refractivity contribution < 1.29 is 8.78 Å². The maximum absolute atomic E-state index is 13.9. The zero-order chi connectivity index (χ0) is 14.0. The molecule has 98 valence electrons. The summed E-state index contributed by atoms with van der Waals surface area (Å²) in [6.07, 6.45) is 3.31. The fourth-order valence-electron chi connectivity index (χ4n) is 1.92. The smallest absolute Gasteiger partial charge is 0.134 e. The van der Waals surface area contributed by atoms with Gasteiger partial charge in [0, 0.05) is 27.8 Å². The van der Waals surface area contributed by atoms with Crippen LogP contribution in [0.5, 0.6) is 0 Å². The van der Waals surface area contributed by atoms with Crippen molar-refractivity contribution in [3.63, 3.8) is 0 Å². The summed E-state index contributed by atoms with van der Waals surface area (Å²) < 4.78 is 27.5. The highest BCUT2D eigenvalue weighted by molar-refractivity contribution is 6.33. The van der Waals surface area contributed by atoms with Gasteiger partial charge in [-0.25, -0.2) is 8.78 Å². The largest absolute Gasteiger partial charge is 0.206 e. The predicted octanol–water partition coefficient (Wildman–Crippen LogP) is 5.63. The molecule has 0 aliphatic heterocycles. The number of halogens is 3. The standard InChI is InChI=1S/C16H13ClF2/c1-3-4-11-8-13(16(19)9-15(11)18)12-7-10(2)5-6-14(12)17/h3-9H,1-2H3. The Morgan fingerprint density at radius 3 is 2.42 bits per heavy atom. The van der Waals surface area contributed by atoms with Crippen LogP contribution in [0.3, 0.4) is 0 Å². The highest BCUT2D eigenvalue weighted by atomic mass is 35.5. The Labute approximate surface area is 116 Å². The monoisotopic (exact) mass is 278 g/mol. The lowest BCUT2D eigenvalue weighted by atomic mass is 10.00. The zero-order valence-electron chi connectivity index (χ0n) is 10.7. The van der Waals surface area contributed by atoms with Crippen molar-refractivity contribution in [2.45, 2.75) is 13.8 Å². The van der Waals surface area contributed by atoms with E-state index in [0.29, 0.717) is 21.7 Å². The maximum Gasteiger partial charge on any atom is 0.134 e. The van der Waals surface area contributed by atoms with Crippen LogP contribution in [-0.4, -0.2) is 0 Å². The topological polar surface area (TPSA) is 0 Å². The molecule has 2 rings (SSSR count). The Kier molecular flexibility index (Phi) is 4.01. The molecule has 0 aliphatic carbocycles. The van der Waals surface area contributed by atoms with Crippen LogP contribution in [0.4, 0.5) is 8.78 Å². The molecule has 0 saturated heterocycles. The molecule has 0 nitrogen and oxygen atoms in total.